The molecule has 0 atom stereocenters. The zero-order valence-electron chi connectivity index (χ0n) is 10.8. The highest BCUT2D eigenvalue weighted by atomic mass is 79.9. The first kappa shape index (κ1) is 13.0. The summed E-state index contributed by atoms with van der Waals surface area (Å²) in [5.74, 6) is 0.263. The molecule has 100 valence electrons. The SMILES string of the molecule is Oc1ccc(CNc2cccc3ccccc23)cc1Br. The van der Waals surface area contributed by atoms with E-state index in [4.69, 9.17) is 0 Å². The molecule has 3 aromatic carbocycles. The third-order valence-electron chi connectivity index (χ3n) is 3.28. The van der Waals surface area contributed by atoms with Gasteiger partial charge >= 0.3 is 0 Å². The maximum absolute atomic E-state index is 9.50. The van der Waals surface area contributed by atoms with E-state index in [1.165, 1.54) is 10.8 Å². The molecule has 0 aliphatic carbocycles. The monoisotopic (exact) mass is 327 g/mol. The average molecular weight is 328 g/mol. The van der Waals surface area contributed by atoms with Crippen molar-refractivity contribution in [3.8, 4) is 5.75 Å². The predicted octanol–water partition coefficient (Wildman–Crippen LogP) is 4.92. The highest BCUT2D eigenvalue weighted by molar-refractivity contribution is 9.10. The maximum Gasteiger partial charge on any atom is 0.129 e. The molecule has 0 radical (unpaired) electrons. The summed E-state index contributed by atoms with van der Waals surface area (Å²) in [6.07, 6.45) is 0. The van der Waals surface area contributed by atoms with Crippen LogP contribution in [0.5, 0.6) is 5.75 Å². The first-order valence-corrected chi connectivity index (χ1v) is 7.22. The number of rotatable bonds is 3. The van der Waals surface area contributed by atoms with Crippen molar-refractivity contribution in [1.29, 1.82) is 0 Å². The quantitative estimate of drug-likeness (QED) is 0.715. The Kier molecular flexibility index (Phi) is 3.61. The minimum Gasteiger partial charge on any atom is -0.507 e. The lowest BCUT2D eigenvalue weighted by molar-refractivity contribution is 0.471. The highest BCUT2D eigenvalue weighted by Crippen LogP contribution is 2.26. The zero-order chi connectivity index (χ0) is 13.9. The van der Waals surface area contributed by atoms with Gasteiger partial charge in [-0.1, -0.05) is 42.5 Å². The lowest BCUT2D eigenvalue weighted by Crippen LogP contribution is -1.99. The molecule has 0 aromatic heterocycles. The van der Waals surface area contributed by atoms with E-state index in [1.807, 2.05) is 24.3 Å². The standard InChI is InChI=1S/C17H14BrNO/c18-15-10-12(8-9-17(15)20)11-19-16-7-3-5-13-4-1-2-6-14(13)16/h1-10,19-20H,11H2. The van der Waals surface area contributed by atoms with Crippen LogP contribution in [0.2, 0.25) is 0 Å². The van der Waals surface area contributed by atoms with Gasteiger partial charge in [0.25, 0.3) is 0 Å². The topological polar surface area (TPSA) is 32.3 Å². The first-order valence-electron chi connectivity index (χ1n) is 6.43. The molecule has 0 saturated carbocycles. The molecule has 20 heavy (non-hydrogen) atoms. The molecule has 3 heteroatoms. The summed E-state index contributed by atoms with van der Waals surface area (Å²) in [4.78, 5) is 0. The molecule has 0 aliphatic rings. The van der Waals surface area contributed by atoms with Crippen LogP contribution >= 0.6 is 15.9 Å². The summed E-state index contributed by atoms with van der Waals surface area (Å²) in [7, 11) is 0. The van der Waals surface area contributed by atoms with Gasteiger partial charge in [0.2, 0.25) is 0 Å². The zero-order valence-corrected chi connectivity index (χ0v) is 12.4. The van der Waals surface area contributed by atoms with E-state index < -0.39 is 0 Å². The fraction of sp³-hybridized carbons (Fsp3) is 0.0588. The molecular weight excluding hydrogens is 314 g/mol. The van der Waals surface area contributed by atoms with Crippen molar-refractivity contribution in [3.63, 3.8) is 0 Å². The molecule has 0 heterocycles. The Balaban J connectivity index is 1.85. The van der Waals surface area contributed by atoms with Crippen LogP contribution in [0, 0.1) is 0 Å². The van der Waals surface area contributed by atoms with Gasteiger partial charge in [-0.2, -0.15) is 0 Å². The van der Waals surface area contributed by atoms with Crippen LogP contribution in [0.25, 0.3) is 10.8 Å². The molecule has 0 bridgehead atoms. The molecular formula is C17H14BrNO. The summed E-state index contributed by atoms with van der Waals surface area (Å²) >= 11 is 3.33. The van der Waals surface area contributed by atoms with Crippen molar-refractivity contribution in [2.75, 3.05) is 5.32 Å². The lowest BCUT2D eigenvalue weighted by atomic mass is 10.1. The van der Waals surface area contributed by atoms with E-state index in [1.54, 1.807) is 6.07 Å². The molecule has 3 aromatic rings. The van der Waals surface area contributed by atoms with Crippen LogP contribution in [0.3, 0.4) is 0 Å². The number of hydrogen-bond acceptors (Lipinski definition) is 2. The largest absolute Gasteiger partial charge is 0.507 e. The number of phenols is 1. The van der Waals surface area contributed by atoms with Crippen LogP contribution in [0.4, 0.5) is 5.69 Å². The van der Waals surface area contributed by atoms with Gasteiger partial charge in [0.05, 0.1) is 4.47 Å². The van der Waals surface area contributed by atoms with Crippen LogP contribution in [-0.4, -0.2) is 5.11 Å². The van der Waals surface area contributed by atoms with Crippen molar-refractivity contribution in [2.45, 2.75) is 6.54 Å². The van der Waals surface area contributed by atoms with Gasteiger partial charge in [-0.05, 0) is 45.1 Å². The van der Waals surface area contributed by atoms with Crippen LogP contribution in [-0.2, 0) is 6.54 Å². The number of fused-ring (bicyclic) bond motifs is 1. The average Bonchev–Trinajstić information content (AvgIpc) is 2.48. The number of nitrogens with one attached hydrogen (secondary N) is 1. The third kappa shape index (κ3) is 2.63. The van der Waals surface area contributed by atoms with Gasteiger partial charge in [0.1, 0.15) is 5.75 Å². The van der Waals surface area contributed by atoms with Crippen molar-refractivity contribution in [1.82, 2.24) is 0 Å². The molecule has 0 saturated heterocycles. The summed E-state index contributed by atoms with van der Waals surface area (Å²) < 4.78 is 0.717. The number of hydrogen-bond donors (Lipinski definition) is 2. The number of halogens is 1. The fourth-order valence-electron chi connectivity index (χ4n) is 2.24. The van der Waals surface area contributed by atoms with E-state index in [0.717, 1.165) is 15.7 Å². The lowest BCUT2D eigenvalue weighted by Gasteiger charge is -2.10. The molecule has 2 nitrogen and oxygen atoms in total. The third-order valence-corrected chi connectivity index (χ3v) is 3.92. The molecule has 0 spiro atoms. The summed E-state index contributed by atoms with van der Waals surface area (Å²) in [6, 6.07) is 20.1. The van der Waals surface area contributed by atoms with Crippen molar-refractivity contribution < 1.29 is 5.11 Å². The highest BCUT2D eigenvalue weighted by Gasteiger charge is 2.02. The second kappa shape index (κ2) is 5.55. The Labute approximate surface area is 126 Å². The molecule has 0 aliphatic heterocycles. The summed E-state index contributed by atoms with van der Waals surface area (Å²) in [5, 5.41) is 15.4. The van der Waals surface area contributed by atoms with Crippen LogP contribution < -0.4 is 5.32 Å². The molecule has 0 fully saturated rings. The number of anilines is 1. The summed E-state index contributed by atoms with van der Waals surface area (Å²) in [6.45, 7) is 0.715. The Hall–Kier alpha value is -2.00. The van der Waals surface area contributed by atoms with Gasteiger partial charge in [0.15, 0.2) is 0 Å². The fourth-order valence-corrected chi connectivity index (χ4v) is 2.66. The molecule has 3 rings (SSSR count). The second-order valence-corrected chi connectivity index (χ2v) is 5.52. The van der Waals surface area contributed by atoms with E-state index in [2.05, 4.69) is 51.6 Å². The van der Waals surface area contributed by atoms with Crippen molar-refractivity contribution in [3.05, 3.63) is 70.7 Å². The number of benzene rings is 3. The van der Waals surface area contributed by atoms with E-state index in [0.29, 0.717) is 6.54 Å². The van der Waals surface area contributed by atoms with E-state index in [9.17, 15) is 5.11 Å². The smallest absolute Gasteiger partial charge is 0.129 e. The summed E-state index contributed by atoms with van der Waals surface area (Å²) in [5.41, 5.74) is 2.23. The molecule has 0 amide bonds. The first-order chi connectivity index (χ1) is 9.74. The van der Waals surface area contributed by atoms with Gasteiger partial charge in [-0.15, -0.1) is 0 Å². The van der Waals surface area contributed by atoms with E-state index >= 15 is 0 Å². The molecule has 0 unspecified atom stereocenters. The predicted molar refractivity (Wildman–Crippen MR) is 87.1 cm³/mol. The number of phenolic OH excluding ortho intramolecular Hbond substituents is 1. The number of aromatic hydroxyl groups is 1. The normalized spacial score (nSPS) is 10.7. The Morgan fingerprint density at radius 1 is 0.950 bits per heavy atom. The van der Waals surface area contributed by atoms with Crippen molar-refractivity contribution >= 4 is 32.4 Å². The van der Waals surface area contributed by atoms with E-state index in [-0.39, 0.29) is 5.75 Å². The molecule has 2 N–H and O–H groups in total. The van der Waals surface area contributed by atoms with Gasteiger partial charge in [-0.25, -0.2) is 0 Å². The van der Waals surface area contributed by atoms with Crippen LogP contribution in [0.15, 0.2) is 65.1 Å². The minimum absolute atomic E-state index is 0.263. The van der Waals surface area contributed by atoms with Gasteiger partial charge < -0.3 is 10.4 Å². The Morgan fingerprint density at radius 2 is 1.75 bits per heavy atom. The van der Waals surface area contributed by atoms with Crippen molar-refractivity contribution in [2.24, 2.45) is 0 Å². The second-order valence-electron chi connectivity index (χ2n) is 4.67. The Bertz CT molecular complexity index is 750. The van der Waals surface area contributed by atoms with Gasteiger partial charge in [0, 0.05) is 17.6 Å². The van der Waals surface area contributed by atoms with Gasteiger partial charge in [-0.3, -0.25) is 0 Å². The Morgan fingerprint density at radius 3 is 2.60 bits per heavy atom. The minimum atomic E-state index is 0.263. The van der Waals surface area contributed by atoms with Crippen LogP contribution in [0.1, 0.15) is 5.56 Å². The maximum atomic E-state index is 9.50.